The number of carbonyl (C=O) groups is 1. The largest absolute Gasteiger partial charge is 0.481 e. The molecule has 1 atom stereocenters. The van der Waals surface area contributed by atoms with Crippen LogP contribution < -0.4 is 0 Å². The molecule has 0 aliphatic rings. The van der Waals surface area contributed by atoms with Gasteiger partial charge in [-0.2, -0.15) is 5.26 Å². The van der Waals surface area contributed by atoms with Gasteiger partial charge in [0.15, 0.2) is 12.0 Å². The number of hydrogen-bond acceptors (Lipinski definition) is 5. The quantitative estimate of drug-likeness (QED) is 0.892. The average Bonchev–Trinajstić information content (AvgIpc) is 2.76. The minimum absolute atomic E-state index is 0.102. The van der Waals surface area contributed by atoms with Gasteiger partial charge >= 0.3 is 5.97 Å². The number of benzene rings is 1. The molecule has 1 aromatic heterocycles. The van der Waals surface area contributed by atoms with E-state index in [-0.39, 0.29) is 5.75 Å². The molecule has 0 aliphatic heterocycles. The summed E-state index contributed by atoms with van der Waals surface area (Å²) in [7, 11) is 0. The van der Waals surface area contributed by atoms with E-state index in [1.54, 1.807) is 18.2 Å². The fourth-order valence-electron chi connectivity index (χ4n) is 1.40. The maximum absolute atomic E-state index is 10.5. The van der Waals surface area contributed by atoms with E-state index < -0.39 is 11.2 Å². The van der Waals surface area contributed by atoms with Crippen molar-refractivity contribution in [3.8, 4) is 6.07 Å². The van der Waals surface area contributed by atoms with Crippen molar-refractivity contribution in [3.05, 3.63) is 30.2 Å². The third kappa shape index (κ3) is 2.57. The van der Waals surface area contributed by atoms with Gasteiger partial charge in [0.05, 0.1) is 11.8 Å². The van der Waals surface area contributed by atoms with Crippen molar-refractivity contribution in [3.63, 3.8) is 0 Å². The standard InChI is InChI=1S/C11H8N2O3S/c12-4-10(17-5-11(14)15)7-1-2-9-8(3-7)13-6-16-9/h1-3,6,10H,5H2,(H,14,15). The SMILES string of the molecule is N#CC(SCC(=O)O)c1ccc2ocnc2c1. The monoisotopic (exact) mass is 248 g/mol. The Labute approximate surface area is 101 Å². The van der Waals surface area contributed by atoms with Gasteiger partial charge in [-0.15, -0.1) is 11.8 Å². The molecule has 0 saturated carbocycles. The molecule has 1 N–H and O–H groups in total. The van der Waals surface area contributed by atoms with Crippen LogP contribution in [0.15, 0.2) is 29.0 Å². The van der Waals surface area contributed by atoms with Gasteiger partial charge in [0.25, 0.3) is 0 Å². The van der Waals surface area contributed by atoms with Crippen LogP contribution in [-0.4, -0.2) is 21.8 Å². The molecule has 1 aromatic carbocycles. The van der Waals surface area contributed by atoms with Crippen molar-refractivity contribution in [2.45, 2.75) is 5.25 Å². The summed E-state index contributed by atoms with van der Waals surface area (Å²) in [5.41, 5.74) is 2.05. The first-order valence-corrected chi connectivity index (χ1v) is 5.82. The third-order valence-corrected chi connectivity index (χ3v) is 3.27. The smallest absolute Gasteiger partial charge is 0.313 e. The molecular formula is C11H8N2O3S. The Hall–Kier alpha value is -2.00. The van der Waals surface area contributed by atoms with Crippen LogP contribution in [0.3, 0.4) is 0 Å². The Morgan fingerprint density at radius 2 is 2.47 bits per heavy atom. The zero-order valence-corrected chi connectivity index (χ0v) is 9.48. The van der Waals surface area contributed by atoms with Crippen molar-refractivity contribution in [1.82, 2.24) is 4.98 Å². The molecule has 0 bridgehead atoms. The van der Waals surface area contributed by atoms with Gasteiger partial charge in [-0.05, 0) is 17.7 Å². The van der Waals surface area contributed by atoms with E-state index in [4.69, 9.17) is 14.8 Å². The van der Waals surface area contributed by atoms with Crippen LogP contribution in [0.4, 0.5) is 0 Å². The molecule has 0 spiro atoms. The first kappa shape index (κ1) is 11.5. The van der Waals surface area contributed by atoms with E-state index in [1.807, 2.05) is 0 Å². The predicted molar refractivity (Wildman–Crippen MR) is 62.5 cm³/mol. The fourth-order valence-corrected chi connectivity index (χ4v) is 2.12. The molecule has 6 heteroatoms. The molecule has 1 unspecified atom stereocenters. The number of fused-ring (bicyclic) bond motifs is 1. The number of carboxylic acids is 1. The van der Waals surface area contributed by atoms with Gasteiger partial charge in [0.2, 0.25) is 0 Å². The van der Waals surface area contributed by atoms with Crippen LogP contribution in [0.25, 0.3) is 11.1 Å². The van der Waals surface area contributed by atoms with E-state index in [9.17, 15) is 4.79 Å². The summed E-state index contributed by atoms with van der Waals surface area (Å²) in [6, 6.07) is 7.28. The molecule has 2 rings (SSSR count). The molecule has 5 nitrogen and oxygen atoms in total. The number of oxazole rings is 1. The van der Waals surface area contributed by atoms with E-state index >= 15 is 0 Å². The Bertz CT molecular complexity index is 588. The van der Waals surface area contributed by atoms with Crippen molar-refractivity contribution < 1.29 is 14.3 Å². The van der Waals surface area contributed by atoms with Gasteiger partial charge in [0.1, 0.15) is 10.8 Å². The summed E-state index contributed by atoms with van der Waals surface area (Å²) in [5, 5.41) is 17.1. The number of carboxylic acid groups (broad SMARTS) is 1. The Kier molecular flexibility index (Phi) is 3.30. The first-order valence-electron chi connectivity index (χ1n) is 4.77. The van der Waals surface area contributed by atoms with Crippen LogP contribution in [-0.2, 0) is 4.79 Å². The highest BCUT2D eigenvalue weighted by Gasteiger charge is 2.14. The number of hydrogen-bond donors (Lipinski definition) is 1. The second kappa shape index (κ2) is 4.89. The zero-order valence-electron chi connectivity index (χ0n) is 8.66. The summed E-state index contributed by atoms with van der Waals surface area (Å²) < 4.78 is 5.09. The van der Waals surface area contributed by atoms with E-state index in [2.05, 4.69) is 11.1 Å². The molecule has 0 radical (unpaired) electrons. The number of nitrogens with zero attached hydrogens (tertiary/aromatic N) is 2. The van der Waals surface area contributed by atoms with Crippen LogP contribution in [0.2, 0.25) is 0 Å². The number of rotatable bonds is 4. The molecule has 2 aromatic rings. The van der Waals surface area contributed by atoms with Crippen LogP contribution in [0, 0.1) is 11.3 Å². The molecule has 86 valence electrons. The molecule has 0 saturated heterocycles. The van der Waals surface area contributed by atoms with Gasteiger partial charge in [-0.1, -0.05) is 6.07 Å². The lowest BCUT2D eigenvalue weighted by Gasteiger charge is -2.06. The highest BCUT2D eigenvalue weighted by Crippen LogP contribution is 2.29. The van der Waals surface area contributed by atoms with Crippen molar-refractivity contribution in [2.75, 3.05) is 5.75 Å². The normalized spacial score (nSPS) is 12.2. The summed E-state index contributed by atoms with van der Waals surface area (Å²) in [4.78, 5) is 14.5. The van der Waals surface area contributed by atoms with Crippen molar-refractivity contribution in [2.24, 2.45) is 0 Å². The average molecular weight is 248 g/mol. The Morgan fingerprint density at radius 3 is 3.18 bits per heavy atom. The van der Waals surface area contributed by atoms with E-state index in [0.717, 1.165) is 17.3 Å². The highest BCUT2D eigenvalue weighted by atomic mass is 32.2. The van der Waals surface area contributed by atoms with E-state index in [1.165, 1.54) is 6.39 Å². The molecular weight excluding hydrogens is 240 g/mol. The minimum atomic E-state index is -0.933. The lowest BCUT2D eigenvalue weighted by molar-refractivity contribution is -0.133. The Balaban J connectivity index is 2.24. The van der Waals surface area contributed by atoms with Crippen LogP contribution >= 0.6 is 11.8 Å². The predicted octanol–water partition coefficient (Wildman–Crippen LogP) is 2.21. The zero-order chi connectivity index (χ0) is 12.3. The number of nitriles is 1. The summed E-state index contributed by atoms with van der Waals surface area (Å²) in [6.07, 6.45) is 1.33. The van der Waals surface area contributed by atoms with Gasteiger partial charge in [-0.3, -0.25) is 4.79 Å². The molecule has 0 aliphatic carbocycles. The molecule has 17 heavy (non-hydrogen) atoms. The van der Waals surface area contributed by atoms with Gasteiger partial charge in [0, 0.05) is 0 Å². The number of aliphatic carboxylic acids is 1. The van der Waals surface area contributed by atoms with Gasteiger partial charge in [-0.25, -0.2) is 4.98 Å². The summed E-state index contributed by atoms with van der Waals surface area (Å²) in [6.45, 7) is 0. The molecule has 1 heterocycles. The van der Waals surface area contributed by atoms with Crippen molar-refractivity contribution in [1.29, 1.82) is 5.26 Å². The maximum atomic E-state index is 10.5. The summed E-state index contributed by atoms with van der Waals surface area (Å²) >= 11 is 1.07. The highest BCUT2D eigenvalue weighted by molar-refractivity contribution is 8.00. The first-order chi connectivity index (χ1) is 8.20. The van der Waals surface area contributed by atoms with Crippen molar-refractivity contribution >= 4 is 28.8 Å². The molecule has 0 fully saturated rings. The lowest BCUT2D eigenvalue weighted by Crippen LogP contribution is -2.01. The van der Waals surface area contributed by atoms with Crippen LogP contribution in [0.5, 0.6) is 0 Å². The summed E-state index contributed by atoms with van der Waals surface area (Å²) in [5.74, 6) is -1.03. The second-order valence-electron chi connectivity index (χ2n) is 3.29. The van der Waals surface area contributed by atoms with E-state index in [0.29, 0.717) is 11.1 Å². The molecule has 0 amide bonds. The fraction of sp³-hybridized carbons (Fsp3) is 0.182. The third-order valence-electron chi connectivity index (χ3n) is 2.15. The number of aromatic nitrogens is 1. The Morgan fingerprint density at radius 1 is 1.65 bits per heavy atom. The maximum Gasteiger partial charge on any atom is 0.313 e. The second-order valence-corrected chi connectivity index (χ2v) is 4.39. The van der Waals surface area contributed by atoms with Gasteiger partial charge < -0.3 is 9.52 Å². The van der Waals surface area contributed by atoms with Crippen LogP contribution in [0.1, 0.15) is 10.8 Å². The number of thioether (sulfide) groups is 1. The minimum Gasteiger partial charge on any atom is -0.481 e. The topological polar surface area (TPSA) is 87.1 Å². The lowest BCUT2D eigenvalue weighted by atomic mass is 10.1.